The molecule has 1 fully saturated rings. The van der Waals surface area contributed by atoms with E-state index in [0.29, 0.717) is 18.9 Å². The van der Waals surface area contributed by atoms with Crippen LogP contribution in [0.5, 0.6) is 5.88 Å². The van der Waals surface area contributed by atoms with Crippen molar-refractivity contribution < 1.29 is 24.2 Å². The van der Waals surface area contributed by atoms with Gasteiger partial charge in [-0.2, -0.15) is 0 Å². The van der Waals surface area contributed by atoms with Crippen LogP contribution in [0.3, 0.4) is 0 Å². The first kappa shape index (κ1) is 27.8. The molecule has 1 saturated carbocycles. The van der Waals surface area contributed by atoms with Gasteiger partial charge in [-0.15, -0.1) is 11.3 Å². The number of aliphatic hydroxyl groups excluding tert-OH is 1. The summed E-state index contributed by atoms with van der Waals surface area (Å²) in [6, 6.07) is 10.4. The number of hydrogen-bond acceptors (Lipinski definition) is 8. The predicted molar refractivity (Wildman–Crippen MR) is 146 cm³/mol. The van der Waals surface area contributed by atoms with Gasteiger partial charge in [0.2, 0.25) is 5.88 Å². The Morgan fingerprint density at radius 2 is 1.92 bits per heavy atom. The lowest BCUT2D eigenvalue weighted by atomic mass is 9.70. The van der Waals surface area contributed by atoms with Gasteiger partial charge in [0.15, 0.2) is 6.10 Å². The largest absolute Gasteiger partial charge is 0.476 e. The molecule has 204 valence electrons. The van der Waals surface area contributed by atoms with Gasteiger partial charge in [0, 0.05) is 5.41 Å². The number of nitrogens with one attached hydrogen (secondary N) is 2. The van der Waals surface area contributed by atoms with Crippen molar-refractivity contribution in [3.05, 3.63) is 53.7 Å². The average Bonchev–Trinajstić information content (AvgIpc) is 3.40. The molecular weight excluding hydrogens is 504 g/mol. The zero-order valence-electron chi connectivity index (χ0n) is 21.9. The summed E-state index contributed by atoms with van der Waals surface area (Å²) in [6.45, 7) is 4.44. The second-order valence-electron chi connectivity index (χ2n) is 10.0. The summed E-state index contributed by atoms with van der Waals surface area (Å²) in [4.78, 5) is 34.1. The summed E-state index contributed by atoms with van der Waals surface area (Å²) >= 11 is 1.53. The van der Waals surface area contributed by atoms with E-state index in [9.17, 15) is 14.7 Å². The number of thiophene rings is 1. The highest BCUT2D eigenvalue weighted by Crippen LogP contribution is 2.42. The maximum absolute atomic E-state index is 12.8. The fourth-order valence-corrected chi connectivity index (χ4v) is 5.34. The van der Waals surface area contributed by atoms with Crippen LogP contribution >= 0.6 is 11.3 Å². The molecular formula is C28H36N4O5S. The van der Waals surface area contributed by atoms with Gasteiger partial charge in [0.05, 0.1) is 24.2 Å². The van der Waals surface area contributed by atoms with Crippen LogP contribution in [0.25, 0.3) is 10.2 Å². The number of aliphatic hydroxyl groups is 1. The Balaban J connectivity index is 1.30. The van der Waals surface area contributed by atoms with Crippen molar-refractivity contribution in [3.8, 4) is 5.88 Å². The smallest absolute Gasteiger partial charge is 0.407 e. The summed E-state index contributed by atoms with van der Waals surface area (Å²) in [6.07, 6.45) is 4.29. The number of unbranched alkanes of at least 4 members (excludes halogenated alkanes) is 1. The van der Waals surface area contributed by atoms with Crippen LogP contribution in [-0.4, -0.2) is 52.4 Å². The molecule has 3 aromatic rings. The number of benzene rings is 1. The number of carbonyl (C=O) groups excluding carboxylic acids is 2. The van der Waals surface area contributed by atoms with E-state index in [4.69, 9.17) is 9.47 Å². The van der Waals surface area contributed by atoms with Gasteiger partial charge in [-0.3, -0.25) is 4.79 Å². The van der Waals surface area contributed by atoms with Crippen LogP contribution in [0.4, 0.5) is 4.79 Å². The van der Waals surface area contributed by atoms with E-state index in [0.717, 1.165) is 47.9 Å². The van der Waals surface area contributed by atoms with Gasteiger partial charge in [0.1, 0.15) is 17.6 Å². The average molecular weight is 541 g/mol. The first-order chi connectivity index (χ1) is 18.4. The third kappa shape index (κ3) is 6.99. The Labute approximate surface area is 227 Å². The van der Waals surface area contributed by atoms with Gasteiger partial charge in [-0.05, 0) is 43.2 Å². The van der Waals surface area contributed by atoms with Crippen LogP contribution in [0, 0.1) is 5.41 Å². The number of rotatable bonds is 13. The number of ether oxygens (including phenoxy) is 2. The van der Waals surface area contributed by atoms with Crippen molar-refractivity contribution >= 4 is 33.6 Å². The van der Waals surface area contributed by atoms with E-state index in [-0.39, 0.29) is 18.1 Å². The second kappa shape index (κ2) is 13.0. The molecule has 2 amide bonds. The van der Waals surface area contributed by atoms with E-state index in [2.05, 4.69) is 20.6 Å². The van der Waals surface area contributed by atoms with E-state index < -0.39 is 24.1 Å². The Hall–Kier alpha value is -3.24. The van der Waals surface area contributed by atoms with Crippen molar-refractivity contribution in [1.29, 1.82) is 0 Å². The number of hydrogen-bond donors (Lipinski definition) is 3. The Bertz CT molecular complexity index is 1200. The van der Waals surface area contributed by atoms with Crippen molar-refractivity contribution in [3.63, 3.8) is 0 Å². The highest BCUT2D eigenvalue weighted by molar-refractivity contribution is 7.17. The fourth-order valence-electron chi connectivity index (χ4n) is 4.55. The highest BCUT2D eigenvalue weighted by atomic mass is 32.1. The number of amides is 2. The van der Waals surface area contributed by atoms with Crippen molar-refractivity contribution in [1.82, 2.24) is 20.6 Å². The molecule has 0 saturated heterocycles. The van der Waals surface area contributed by atoms with Crippen LogP contribution in [0.1, 0.15) is 64.0 Å². The van der Waals surface area contributed by atoms with Crippen LogP contribution in [-0.2, 0) is 9.53 Å². The van der Waals surface area contributed by atoms with Gasteiger partial charge in [-0.1, -0.05) is 56.5 Å². The molecule has 2 heterocycles. The SMILES string of the molecule is CCCC[C@H](NC(=O)OCC1(COc2ncnc3ccsc23)CCC1)C(O)C(=O)N[C@H](C)c1ccccc1. The summed E-state index contributed by atoms with van der Waals surface area (Å²) in [7, 11) is 0. The molecule has 0 radical (unpaired) electrons. The Kier molecular flexibility index (Phi) is 9.52. The topological polar surface area (TPSA) is 123 Å². The molecule has 2 aromatic heterocycles. The monoisotopic (exact) mass is 540 g/mol. The molecule has 4 rings (SSSR count). The van der Waals surface area contributed by atoms with Crippen molar-refractivity contribution in [2.24, 2.45) is 5.41 Å². The van der Waals surface area contributed by atoms with E-state index in [1.54, 1.807) is 0 Å². The lowest BCUT2D eigenvalue weighted by Crippen LogP contribution is -2.51. The molecule has 1 aliphatic carbocycles. The number of aromatic nitrogens is 2. The number of alkyl carbamates (subject to hydrolysis) is 1. The quantitative estimate of drug-likeness (QED) is 0.286. The first-order valence-electron chi connectivity index (χ1n) is 13.2. The molecule has 38 heavy (non-hydrogen) atoms. The zero-order chi connectivity index (χ0) is 27.0. The summed E-state index contributed by atoms with van der Waals surface area (Å²) in [5.74, 6) is 0.00980. The molecule has 9 nitrogen and oxygen atoms in total. The zero-order valence-corrected chi connectivity index (χ0v) is 22.7. The number of carbonyl (C=O) groups is 2. The van der Waals surface area contributed by atoms with E-state index in [1.807, 2.05) is 55.6 Å². The molecule has 3 N–H and O–H groups in total. The predicted octanol–water partition coefficient (Wildman–Crippen LogP) is 4.76. The third-order valence-electron chi connectivity index (χ3n) is 7.13. The first-order valence-corrected chi connectivity index (χ1v) is 14.1. The summed E-state index contributed by atoms with van der Waals surface area (Å²) in [5, 5.41) is 18.3. The van der Waals surface area contributed by atoms with Gasteiger partial charge < -0.3 is 25.2 Å². The molecule has 0 bridgehead atoms. The lowest BCUT2D eigenvalue weighted by molar-refractivity contribution is -0.131. The molecule has 1 aromatic carbocycles. The standard InChI is InChI=1S/C28H36N4O5S/c1-3-4-11-21(23(33)25(34)31-19(2)20-9-6-5-7-10-20)32-27(35)37-17-28(13-8-14-28)16-36-26-24-22(12-15-38-24)29-18-30-26/h5-7,9-10,12,15,18-19,21,23,33H,3-4,8,11,13-14,16-17H2,1-2H3,(H,31,34)(H,32,35)/t19-,21+,23?/m1/s1. The second-order valence-corrected chi connectivity index (χ2v) is 10.9. The molecule has 3 atom stereocenters. The minimum absolute atomic E-state index is 0.186. The molecule has 10 heteroatoms. The maximum Gasteiger partial charge on any atom is 0.407 e. The van der Waals surface area contributed by atoms with Gasteiger partial charge in [-0.25, -0.2) is 14.8 Å². The van der Waals surface area contributed by atoms with Crippen molar-refractivity contribution in [2.75, 3.05) is 13.2 Å². The van der Waals surface area contributed by atoms with E-state index >= 15 is 0 Å². The van der Waals surface area contributed by atoms with Crippen LogP contribution < -0.4 is 15.4 Å². The third-order valence-corrected chi connectivity index (χ3v) is 8.02. The lowest BCUT2D eigenvalue weighted by Gasteiger charge is -2.40. The fraction of sp³-hybridized carbons (Fsp3) is 0.500. The van der Waals surface area contributed by atoms with Gasteiger partial charge >= 0.3 is 6.09 Å². The summed E-state index contributed by atoms with van der Waals surface area (Å²) in [5.41, 5.74) is 1.49. The van der Waals surface area contributed by atoms with Crippen LogP contribution in [0.15, 0.2) is 48.1 Å². The molecule has 1 unspecified atom stereocenters. The minimum atomic E-state index is -1.40. The van der Waals surface area contributed by atoms with Crippen LogP contribution in [0.2, 0.25) is 0 Å². The minimum Gasteiger partial charge on any atom is -0.476 e. The molecule has 1 aliphatic rings. The Morgan fingerprint density at radius 3 is 2.63 bits per heavy atom. The molecule has 0 spiro atoms. The number of nitrogens with zero attached hydrogens (tertiary/aromatic N) is 2. The van der Waals surface area contributed by atoms with E-state index in [1.165, 1.54) is 17.7 Å². The number of fused-ring (bicyclic) bond motifs is 1. The maximum atomic E-state index is 12.8. The van der Waals surface area contributed by atoms with Gasteiger partial charge in [0.25, 0.3) is 5.91 Å². The highest BCUT2D eigenvalue weighted by Gasteiger charge is 2.40. The normalized spacial score (nSPS) is 16.6. The molecule has 0 aliphatic heterocycles. The summed E-state index contributed by atoms with van der Waals surface area (Å²) < 4.78 is 12.5. The van der Waals surface area contributed by atoms with Crippen molar-refractivity contribution in [2.45, 2.75) is 70.6 Å². The Morgan fingerprint density at radius 1 is 1.13 bits per heavy atom.